The Morgan fingerprint density at radius 2 is 1.73 bits per heavy atom. The Labute approximate surface area is 240 Å². The van der Waals surface area contributed by atoms with Gasteiger partial charge in [-0.2, -0.15) is 19.6 Å². The van der Waals surface area contributed by atoms with Gasteiger partial charge in [-0.1, -0.05) is 26.0 Å². The number of fused-ring (bicyclic) bond motifs is 3. The number of nitrogens with one attached hydrogen (secondary N) is 3. The van der Waals surface area contributed by atoms with Crippen LogP contribution in [0.3, 0.4) is 0 Å². The number of aryl methyl sites for hydroxylation is 1. The molecule has 11 nitrogen and oxygen atoms in total. The SMILES string of the molecule is CCN(CC)CCN(C)C(=O)c1cccc(Nc2nc3nc4c(cnn24)CCCCC(=O)Nc2cccc(c2)N3)c1. The lowest BCUT2D eigenvalue weighted by Crippen LogP contribution is -2.36. The summed E-state index contributed by atoms with van der Waals surface area (Å²) in [6.45, 7) is 7.66. The standard InChI is InChI=1S/C30H37N9O2/c1-4-38(5-2)17-16-37(3)28(41)21-11-8-12-23(18-21)34-30-36-29-33-25-14-9-13-24(19-25)32-26(40)15-7-6-10-22-20-31-39(30)27(22)35-29/h8-9,11-14,18-20H,4-7,10,15-17H2,1-3H3,(H,32,40)(H2,33,34,35,36). The van der Waals surface area contributed by atoms with Crippen molar-refractivity contribution in [3.8, 4) is 0 Å². The number of carbonyl (C=O) groups excluding carboxylic acids is 2. The van der Waals surface area contributed by atoms with Crippen LogP contribution in [-0.4, -0.2) is 74.4 Å². The highest BCUT2D eigenvalue weighted by Gasteiger charge is 2.17. The van der Waals surface area contributed by atoms with E-state index in [2.05, 4.69) is 39.8 Å². The highest BCUT2D eigenvalue weighted by molar-refractivity contribution is 5.95. The van der Waals surface area contributed by atoms with E-state index in [-0.39, 0.29) is 11.8 Å². The number of rotatable bonds is 8. The quantitative estimate of drug-likeness (QED) is 0.287. The smallest absolute Gasteiger partial charge is 0.253 e. The summed E-state index contributed by atoms with van der Waals surface area (Å²) >= 11 is 0. The second kappa shape index (κ2) is 12.8. The summed E-state index contributed by atoms with van der Waals surface area (Å²) in [4.78, 5) is 39.1. The summed E-state index contributed by atoms with van der Waals surface area (Å²) in [5, 5.41) is 14.2. The summed E-state index contributed by atoms with van der Waals surface area (Å²) < 4.78 is 1.68. The number of amides is 2. The average Bonchev–Trinajstić information content (AvgIpc) is 3.38. The molecule has 0 fully saturated rings. The Balaban J connectivity index is 1.43. The van der Waals surface area contributed by atoms with Crippen molar-refractivity contribution in [2.45, 2.75) is 39.5 Å². The van der Waals surface area contributed by atoms with Crippen LogP contribution in [0.5, 0.6) is 0 Å². The zero-order chi connectivity index (χ0) is 28.8. The molecular weight excluding hydrogens is 518 g/mol. The molecule has 0 radical (unpaired) electrons. The van der Waals surface area contributed by atoms with E-state index >= 15 is 0 Å². The van der Waals surface area contributed by atoms with Gasteiger partial charge in [0.2, 0.25) is 17.8 Å². The number of anilines is 5. The molecule has 2 amide bonds. The van der Waals surface area contributed by atoms with Crippen molar-refractivity contribution in [2.24, 2.45) is 0 Å². The van der Waals surface area contributed by atoms with Crippen molar-refractivity contribution in [3.05, 3.63) is 65.9 Å². The van der Waals surface area contributed by atoms with Gasteiger partial charge in [0.1, 0.15) is 0 Å². The van der Waals surface area contributed by atoms with Crippen LogP contribution in [0, 0.1) is 0 Å². The first-order chi connectivity index (χ1) is 19.9. The van der Waals surface area contributed by atoms with Gasteiger partial charge < -0.3 is 25.8 Å². The molecule has 0 saturated heterocycles. The Kier molecular flexibility index (Phi) is 8.73. The van der Waals surface area contributed by atoms with E-state index in [1.807, 2.05) is 55.6 Å². The maximum absolute atomic E-state index is 13.2. The molecule has 3 heterocycles. The van der Waals surface area contributed by atoms with Crippen LogP contribution in [0.25, 0.3) is 5.65 Å². The van der Waals surface area contributed by atoms with E-state index in [1.54, 1.807) is 15.6 Å². The zero-order valence-corrected chi connectivity index (χ0v) is 23.9. The lowest BCUT2D eigenvalue weighted by atomic mass is 10.1. The fraction of sp³-hybridized carbons (Fsp3) is 0.367. The largest absolute Gasteiger partial charge is 0.340 e. The minimum atomic E-state index is -0.0363. The van der Waals surface area contributed by atoms with Crippen molar-refractivity contribution in [2.75, 3.05) is 49.2 Å². The minimum Gasteiger partial charge on any atom is -0.340 e. The van der Waals surface area contributed by atoms with Crippen molar-refractivity contribution in [1.82, 2.24) is 29.4 Å². The maximum atomic E-state index is 13.2. The molecule has 5 rings (SSSR count). The first kappa shape index (κ1) is 28.0. The number of likely N-dealkylation sites (N-methyl/N-ethyl adjacent to an activating group) is 2. The molecular formula is C30H37N9O2. The van der Waals surface area contributed by atoms with Crippen LogP contribution >= 0.6 is 0 Å². The number of carbonyl (C=O) groups is 2. The third-order valence-corrected chi connectivity index (χ3v) is 7.30. The van der Waals surface area contributed by atoms with Crippen LogP contribution in [0.2, 0.25) is 0 Å². The zero-order valence-electron chi connectivity index (χ0n) is 23.9. The van der Waals surface area contributed by atoms with Crippen LogP contribution in [0.4, 0.5) is 29.0 Å². The molecule has 41 heavy (non-hydrogen) atoms. The van der Waals surface area contributed by atoms with E-state index in [4.69, 9.17) is 9.97 Å². The first-order valence-corrected chi connectivity index (χ1v) is 14.2. The molecule has 1 aliphatic heterocycles. The van der Waals surface area contributed by atoms with Crippen LogP contribution < -0.4 is 16.0 Å². The normalized spacial score (nSPS) is 13.5. The number of benzene rings is 2. The molecule has 2 aromatic carbocycles. The lowest BCUT2D eigenvalue weighted by molar-refractivity contribution is -0.116. The van der Waals surface area contributed by atoms with Gasteiger partial charge in [-0.25, -0.2) is 0 Å². The molecule has 2 aromatic heterocycles. The molecule has 0 aliphatic carbocycles. The van der Waals surface area contributed by atoms with E-state index in [0.29, 0.717) is 41.8 Å². The second-order valence-corrected chi connectivity index (χ2v) is 10.2. The van der Waals surface area contributed by atoms with E-state index in [9.17, 15) is 9.59 Å². The minimum absolute atomic E-state index is 0.00332. The van der Waals surface area contributed by atoms with Gasteiger partial charge in [0.25, 0.3) is 5.91 Å². The van der Waals surface area contributed by atoms with Gasteiger partial charge >= 0.3 is 0 Å². The van der Waals surface area contributed by atoms with Gasteiger partial charge in [0.05, 0.1) is 6.20 Å². The summed E-state index contributed by atoms with van der Waals surface area (Å²) in [6, 6.07) is 14.9. The Hall–Kier alpha value is -4.51. The molecule has 4 bridgehead atoms. The van der Waals surface area contributed by atoms with Crippen molar-refractivity contribution < 1.29 is 9.59 Å². The van der Waals surface area contributed by atoms with Crippen LogP contribution in [0.15, 0.2) is 54.7 Å². The van der Waals surface area contributed by atoms with Crippen molar-refractivity contribution in [1.29, 1.82) is 0 Å². The predicted octanol–water partition coefficient (Wildman–Crippen LogP) is 4.69. The fourth-order valence-electron chi connectivity index (χ4n) is 4.88. The monoisotopic (exact) mass is 555 g/mol. The summed E-state index contributed by atoms with van der Waals surface area (Å²) in [7, 11) is 1.84. The first-order valence-electron chi connectivity index (χ1n) is 14.2. The molecule has 4 aromatic rings. The lowest BCUT2D eigenvalue weighted by Gasteiger charge is -2.23. The predicted molar refractivity (Wildman–Crippen MR) is 161 cm³/mol. The number of hydrogen-bond acceptors (Lipinski definition) is 8. The summed E-state index contributed by atoms with van der Waals surface area (Å²) in [5.41, 5.74) is 4.43. The third-order valence-electron chi connectivity index (χ3n) is 7.30. The number of aromatic nitrogens is 4. The average molecular weight is 556 g/mol. The van der Waals surface area contributed by atoms with Gasteiger partial charge in [-0.15, -0.1) is 0 Å². The second-order valence-electron chi connectivity index (χ2n) is 10.2. The number of hydrogen-bond donors (Lipinski definition) is 3. The van der Waals surface area contributed by atoms with Gasteiger partial charge in [0, 0.05) is 54.7 Å². The van der Waals surface area contributed by atoms with E-state index in [0.717, 1.165) is 55.8 Å². The van der Waals surface area contributed by atoms with Crippen molar-refractivity contribution in [3.63, 3.8) is 0 Å². The molecule has 1 aliphatic rings. The molecule has 0 spiro atoms. The van der Waals surface area contributed by atoms with Gasteiger partial charge in [-0.05, 0) is 68.8 Å². The third kappa shape index (κ3) is 6.80. The number of nitrogens with zero attached hydrogens (tertiary/aromatic N) is 6. The van der Waals surface area contributed by atoms with Crippen LogP contribution in [-0.2, 0) is 11.2 Å². The molecule has 0 unspecified atom stereocenters. The molecule has 0 atom stereocenters. The topological polar surface area (TPSA) is 120 Å². The van der Waals surface area contributed by atoms with E-state index in [1.165, 1.54) is 0 Å². The highest BCUT2D eigenvalue weighted by atomic mass is 16.2. The van der Waals surface area contributed by atoms with Crippen molar-refractivity contribution >= 4 is 46.4 Å². The van der Waals surface area contributed by atoms with E-state index < -0.39 is 0 Å². The fourth-order valence-corrected chi connectivity index (χ4v) is 4.88. The Morgan fingerprint density at radius 3 is 2.54 bits per heavy atom. The van der Waals surface area contributed by atoms with Gasteiger partial charge in [-0.3, -0.25) is 9.59 Å². The van der Waals surface area contributed by atoms with Gasteiger partial charge in [0.15, 0.2) is 5.65 Å². The molecule has 0 saturated carbocycles. The maximum Gasteiger partial charge on any atom is 0.253 e. The van der Waals surface area contributed by atoms with Crippen LogP contribution in [0.1, 0.15) is 49.0 Å². The molecule has 3 N–H and O–H groups in total. The highest BCUT2D eigenvalue weighted by Crippen LogP contribution is 2.25. The Bertz CT molecular complexity index is 1530. The molecule has 214 valence electrons. The molecule has 11 heteroatoms. The summed E-state index contributed by atoms with van der Waals surface area (Å²) in [6.07, 6.45) is 4.58. The Morgan fingerprint density at radius 1 is 0.976 bits per heavy atom. The summed E-state index contributed by atoms with van der Waals surface area (Å²) in [5.74, 6) is 0.827.